The molecule has 1 N–H and O–H groups in total. The molecule has 0 amide bonds. The summed E-state index contributed by atoms with van der Waals surface area (Å²) in [5.74, 6) is -0.361. The van der Waals surface area contributed by atoms with E-state index >= 15 is 0 Å². The number of piperidine rings is 1. The summed E-state index contributed by atoms with van der Waals surface area (Å²) < 4.78 is 19.2. The van der Waals surface area contributed by atoms with Gasteiger partial charge in [0.1, 0.15) is 11.4 Å². The van der Waals surface area contributed by atoms with Gasteiger partial charge in [-0.3, -0.25) is 15.0 Å². The zero-order valence-electron chi connectivity index (χ0n) is 14.8. The van der Waals surface area contributed by atoms with Crippen LogP contribution in [0.3, 0.4) is 0 Å². The number of benzene rings is 1. The summed E-state index contributed by atoms with van der Waals surface area (Å²) in [5, 5.41) is 16.4. The first-order valence-electron chi connectivity index (χ1n) is 8.50. The molecule has 2 aromatic rings. The van der Waals surface area contributed by atoms with E-state index in [1.54, 1.807) is 11.3 Å². The Morgan fingerprint density at radius 3 is 2.96 bits per heavy atom. The summed E-state index contributed by atoms with van der Waals surface area (Å²) in [5.41, 5.74) is -0.382. The fraction of sp³-hybridized carbons (Fsp3) is 0.444. The van der Waals surface area contributed by atoms with Crippen LogP contribution in [0, 0.1) is 21.8 Å². The van der Waals surface area contributed by atoms with Crippen LogP contribution in [0.5, 0.6) is 5.75 Å². The highest BCUT2D eigenvalue weighted by Crippen LogP contribution is 2.38. The molecule has 2 unspecified atom stereocenters. The van der Waals surface area contributed by atoms with E-state index in [1.165, 1.54) is 18.1 Å². The van der Waals surface area contributed by atoms with Crippen molar-refractivity contribution >= 4 is 22.7 Å². The third kappa shape index (κ3) is 3.81. The molecule has 1 fully saturated rings. The molecule has 0 aliphatic carbocycles. The van der Waals surface area contributed by atoms with Gasteiger partial charge in [-0.1, -0.05) is 6.07 Å². The van der Waals surface area contributed by atoms with Crippen LogP contribution in [0.25, 0.3) is 0 Å². The first kappa shape index (κ1) is 18.6. The second-order valence-corrected chi connectivity index (χ2v) is 7.47. The van der Waals surface area contributed by atoms with Gasteiger partial charge in [0.05, 0.1) is 12.0 Å². The summed E-state index contributed by atoms with van der Waals surface area (Å²) in [7, 11) is 3.51. The smallest absolute Gasteiger partial charge is 0.327 e. The van der Waals surface area contributed by atoms with Gasteiger partial charge in [0.2, 0.25) is 5.82 Å². The summed E-state index contributed by atoms with van der Waals surface area (Å²) in [6.45, 7) is 1.55. The molecule has 1 saturated heterocycles. The van der Waals surface area contributed by atoms with Crippen molar-refractivity contribution in [1.82, 2.24) is 4.90 Å². The Hall–Kier alpha value is -2.19. The average Bonchev–Trinajstić information content (AvgIpc) is 3.13. The number of hydrogen-bond acceptors (Lipinski definition) is 6. The van der Waals surface area contributed by atoms with Crippen LogP contribution in [-0.4, -0.2) is 37.1 Å². The first-order valence-corrected chi connectivity index (χ1v) is 9.38. The van der Waals surface area contributed by atoms with Crippen molar-refractivity contribution in [2.75, 3.05) is 32.6 Å². The number of nitro groups is 1. The standard InChI is InChI=1S/C18H22FN3O3S/c1-21-7-3-5-12(17(21)16-6-4-8-26-16)11-20-15-10-13(25-2)9-14(19)18(15)22(23)24/h4,6,8-10,12,17,20H,3,5,7,11H2,1-2H3. The lowest BCUT2D eigenvalue weighted by Crippen LogP contribution is -2.38. The number of rotatable bonds is 6. The highest BCUT2D eigenvalue weighted by atomic mass is 32.1. The molecule has 8 heteroatoms. The van der Waals surface area contributed by atoms with E-state index in [9.17, 15) is 14.5 Å². The van der Waals surface area contributed by atoms with Crippen molar-refractivity contribution in [2.24, 2.45) is 5.92 Å². The third-order valence-electron chi connectivity index (χ3n) is 4.85. The minimum absolute atomic E-state index is 0.157. The Kier molecular flexibility index (Phi) is 5.73. The fourth-order valence-electron chi connectivity index (χ4n) is 3.64. The Bertz CT molecular complexity index is 769. The fourth-order valence-corrected chi connectivity index (χ4v) is 4.62. The molecule has 26 heavy (non-hydrogen) atoms. The van der Waals surface area contributed by atoms with E-state index in [4.69, 9.17) is 4.74 Å². The number of hydrogen-bond donors (Lipinski definition) is 1. The number of ether oxygens (including phenoxy) is 1. The summed E-state index contributed by atoms with van der Waals surface area (Å²) >= 11 is 1.72. The lowest BCUT2D eigenvalue weighted by molar-refractivity contribution is -0.386. The lowest BCUT2D eigenvalue weighted by atomic mass is 9.88. The number of nitrogens with one attached hydrogen (secondary N) is 1. The van der Waals surface area contributed by atoms with Gasteiger partial charge in [-0.15, -0.1) is 11.3 Å². The molecule has 3 rings (SSSR count). The molecule has 1 aliphatic rings. The van der Waals surface area contributed by atoms with Crippen molar-refractivity contribution in [1.29, 1.82) is 0 Å². The normalized spacial score (nSPS) is 20.7. The Morgan fingerprint density at radius 2 is 2.31 bits per heavy atom. The van der Waals surface area contributed by atoms with Crippen molar-refractivity contribution in [3.63, 3.8) is 0 Å². The van der Waals surface area contributed by atoms with Gasteiger partial charge in [0.25, 0.3) is 0 Å². The Morgan fingerprint density at radius 1 is 1.50 bits per heavy atom. The van der Waals surface area contributed by atoms with Crippen molar-refractivity contribution < 1.29 is 14.1 Å². The number of likely N-dealkylation sites (tertiary alicyclic amines) is 1. The highest BCUT2D eigenvalue weighted by molar-refractivity contribution is 7.10. The van der Waals surface area contributed by atoms with Crippen LogP contribution in [0.4, 0.5) is 15.8 Å². The molecule has 1 aromatic heterocycles. The van der Waals surface area contributed by atoms with Crippen LogP contribution in [-0.2, 0) is 0 Å². The van der Waals surface area contributed by atoms with E-state index in [-0.39, 0.29) is 23.4 Å². The highest BCUT2D eigenvalue weighted by Gasteiger charge is 2.32. The predicted molar refractivity (Wildman–Crippen MR) is 101 cm³/mol. The van der Waals surface area contributed by atoms with Crippen LogP contribution in [0.15, 0.2) is 29.6 Å². The molecule has 0 saturated carbocycles. The minimum atomic E-state index is -0.896. The number of thiophene rings is 1. The van der Waals surface area contributed by atoms with Gasteiger partial charge in [0, 0.05) is 29.6 Å². The average molecular weight is 379 g/mol. The maximum Gasteiger partial charge on any atom is 0.327 e. The molecular weight excluding hydrogens is 357 g/mol. The zero-order chi connectivity index (χ0) is 18.7. The molecule has 0 spiro atoms. The van der Waals surface area contributed by atoms with Gasteiger partial charge < -0.3 is 10.1 Å². The van der Waals surface area contributed by atoms with Gasteiger partial charge in [-0.25, -0.2) is 0 Å². The molecule has 1 aromatic carbocycles. The predicted octanol–water partition coefficient (Wildman–Crippen LogP) is 4.30. The SMILES string of the molecule is COc1cc(F)c([N+](=O)[O-])c(NCC2CCCN(C)C2c2cccs2)c1. The molecule has 0 bridgehead atoms. The molecule has 2 heterocycles. The Labute approximate surface area is 155 Å². The largest absolute Gasteiger partial charge is 0.497 e. The molecule has 6 nitrogen and oxygen atoms in total. The van der Waals surface area contributed by atoms with Crippen molar-refractivity contribution in [2.45, 2.75) is 18.9 Å². The van der Waals surface area contributed by atoms with Crippen molar-refractivity contribution in [3.8, 4) is 5.75 Å². The Balaban J connectivity index is 1.83. The maximum absolute atomic E-state index is 14.1. The minimum Gasteiger partial charge on any atom is -0.497 e. The topological polar surface area (TPSA) is 67.6 Å². The maximum atomic E-state index is 14.1. The van der Waals surface area contributed by atoms with Crippen LogP contribution in [0.1, 0.15) is 23.8 Å². The van der Waals surface area contributed by atoms with Gasteiger partial charge >= 0.3 is 5.69 Å². The van der Waals surface area contributed by atoms with E-state index in [2.05, 4.69) is 28.7 Å². The third-order valence-corrected chi connectivity index (χ3v) is 5.79. The second kappa shape index (κ2) is 8.01. The molecule has 140 valence electrons. The molecule has 0 radical (unpaired) electrons. The number of methoxy groups -OCH3 is 1. The van der Waals surface area contributed by atoms with E-state index in [1.807, 2.05) is 6.07 Å². The van der Waals surface area contributed by atoms with Crippen LogP contribution < -0.4 is 10.1 Å². The lowest BCUT2D eigenvalue weighted by Gasteiger charge is -2.39. The number of halogens is 1. The van der Waals surface area contributed by atoms with Crippen LogP contribution >= 0.6 is 11.3 Å². The summed E-state index contributed by atoms with van der Waals surface area (Å²) in [6, 6.07) is 6.93. The number of nitro benzene ring substituents is 1. The van der Waals surface area contributed by atoms with Gasteiger partial charge in [-0.2, -0.15) is 4.39 Å². The summed E-state index contributed by atoms with van der Waals surface area (Å²) in [4.78, 5) is 14.2. The molecule has 1 aliphatic heterocycles. The molecule has 2 atom stereocenters. The first-order chi connectivity index (χ1) is 12.5. The van der Waals surface area contributed by atoms with E-state index < -0.39 is 16.4 Å². The quantitative estimate of drug-likeness (QED) is 0.599. The van der Waals surface area contributed by atoms with Crippen LogP contribution in [0.2, 0.25) is 0 Å². The van der Waals surface area contributed by atoms with E-state index in [0.717, 1.165) is 25.5 Å². The van der Waals surface area contributed by atoms with E-state index in [0.29, 0.717) is 6.54 Å². The molecular formula is C18H22FN3O3S. The summed E-state index contributed by atoms with van der Waals surface area (Å²) in [6.07, 6.45) is 2.08. The zero-order valence-corrected chi connectivity index (χ0v) is 15.6. The van der Waals surface area contributed by atoms with Gasteiger partial charge in [-0.05, 0) is 43.8 Å². The monoisotopic (exact) mass is 379 g/mol. The second-order valence-electron chi connectivity index (χ2n) is 6.49. The van der Waals surface area contributed by atoms with Gasteiger partial charge in [0.15, 0.2) is 0 Å². The number of anilines is 1. The van der Waals surface area contributed by atoms with Crippen molar-refractivity contribution in [3.05, 3.63) is 50.5 Å². The number of nitrogens with zero attached hydrogens (tertiary/aromatic N) is 2.